The number of nitrogens with zero attached hydrogens (tertiary/aromatic N) is 1. The van der Waals surface area contributed by atoms with E-state index in [2.05, 4.69) is 25.9 Å². The minimum absolute atomic E-state index is 0.203. The van der Waals surface area contributed by atoms with Crippen molar-refractivity contribution in [2.45, 2.75) is 0 Å². The molecule has 0 aliphatic heterocycles. The van der Waals surface area contributed by atoms with E-state index in [1.54, 1.807) is 6.07 Å². The van der Waals surface area contributed by atoms with Gasteiger partial charge in [-0.15, -0.1) is 0 Å². The van der Waals surface area contributed by atoms with Crippen LogP contribution < -0.4 is 5.56 Å². The zero-order valence-corrected chi connectivity index (χ0v) is 8.04. The molecule has 0 fully saturated rings. The Morgan fingerprint density at radius 3 is 3.00 bits per heavy atom. The highest BCUT2D eigenvalue weighted by Gasteiger charge is 2.02. The van der Waals surface area contributed by atoms with Crippen LogP contribution in [-0.2, 0) is 0 Å². The Bertz CT molecular complexity index is 461. The van der Waals surface area contributed by atoms with E-state index in [-0.39, 0.29) is 5.56 Å². The van der Waals surface area contributed by atoms with Gasteiger partial charge in [-0.25, -0.2) is 4.98 Å². The summed E-state index contributed by atoms with van der Waals surface area (Å²) in [5.41, 5.74) is 0.552. The van der Waals surface area contributed by atoms with Crippen LogP contribution in [0.1, 0.15) is 0 Å². The maximum absolute atomic E-state index is 11.2. The van der Waals surface area contributed by atoms with Gasteiger partial charge in [0.1, 0.15) is 16.6 Å². The van der Waals surface area contributed by atoms with Crippen molar-refractivity contribution in [2.24, 2.45) is 0 Å². The lowest BCUT2D eigenvalue weighted by atomic mass is 10.3. The van der Waals surface area contributed by atoms with Crippen LogP contribution in [0.2, 0.25) is 0 Å². The molecule has 1 N–H and O–H groups in total. The third kappa shape index (κ3) is 1.55. The van der Waals surface area contributed by atoms with E-state index in [1.165, 1.54) is 18.7 Å². The number of furan rings is 1. The van der Waals surface area contributed by atoms with Crippen molar-refractivity contribution >= 4 is 15.9 Å². The number of hydrogen-bond donors (Lipinski definition) is 1. The zero-order chi connectivity index (χ0) is 9.26. The Morgan fingerprint density at radius 2 is 2.38 bits per heavy atom. The van der Waals surface area contributed by atoms with Crippen LogP contribution in [0.15, 0.2) is 38.5 Å². The van der Waals surface area contributed by atoms with Crippen LogP contribution in [0.3, 0.4) is 0 Å². The molecule has 0 aromatic carbocycles. The van der Waals surface area contributed by atoms with Crippen LogP contribution in [0.4, 0.5) is 0 Å². The van der Waals surface area contributed by atoms with Crippen LogP contribution >= 0.6 is 15.9 Å². The minimum Gasteiger partial charge on any atom is -0.472 e. The normalized spacial score (nSPS) is 10.2. The first-order chi connectivity index (χ1) is 6.27. The lowest BCUT2D eigenvalue weighted by molar-refractivity contribution is 0.568. The Morgan fingerprint density at radius 1 is 1.54 bits per heavy atom. The molecule has 5 heteroatoms. The smallest absolute Gasteiger partial charge is 0.265 e. The van der Waals surface area contributed by atoms with Gasteiger partial charge in [-0.2, -0.15) is 0 Å². The summed E-state index contributed by atoms with van der Waals surface area (Å²) < 4.78 is 5.28. The first kappa shape index (κ1) is 8.25. The van der Waals surface area contributed by atoms with Crippen molar-refractivity contribution < 1.29 is 4.42 Å². The van der Waals surface area contributed by atoms with Crippen molar-refractivity contribution in [1.82, 2.24) is 9.97 Å². The maximum Gasteiger partial charge on any atom is 0.265 e. The molecule has 2 aromatic heterocycles. The highest BCUT2D eigenvalue weighted by molar-refractivity contribution is 9.10. The summed E-state index contributed by atoms with van der Waals surface area (Å²) in [5.74, 6) is 0.502. The fourth-order valence-electron chi connectivity index (χ4n) is 0.925. The molecule has 4 nitrogen and oxygen atoms in total. The standard InChI is InChI=1S/C8H5BrN2O2/c9-6-3-10-7(11-8(6)12)5-1-2-13-4-5/h1-4H,(H,10,11,12). The molecule has 13 heavy (non-hydrogen) atoms. The summed E-state index contributed by atoms with van der Waals surface area (Å²) in [6.07, 6.45) is 4.50. The summed E-state index contributed by atoms with van der Waals surface area (Å²) >= 11 is 3.06. The SMILES string of the molecule is O=c1[nH]c(-c2ccoc2)ncc1Br. The lowest BCUT2D eigenvalue weighted by Gasteiger charge is -1.94. The fraction of sp³-hybridized carbons (Fsp3) is 0. The second-order valence-corrected chi connectivity index (χ2v) is 3.28. The van der Waals surface area contributed by atoms with Crippen molar-refractivity contribution in [3.8, 4) is 11.4 Å². The van der Waals surface area contributed by atoms with E-state index in [1.807, 2.05) is 0 Å². The molecule has 0 aliphatic rings. The first-order valence-corrected chi connectivity index (χ1v) is 4.34. The molecule has 0 amide bonds. The quantitative estimate of drug-likeness (QED) is 0.827. The molecule has 0 saturated heterocycles. The van der Waals surface area contributed by atoms with Gasteiger partial charge in [0.05, 0.1) is 11.8 Å². The van der Waals surface area contributed by atoms with Gasteiger partial charge in [-0.05, 0) is 22.0 Å². The highest BCUT2D eigenvalue weighted by atomic mass is 79.9. The Kier molecular flexibility index (Phi) is 2.02. The number of aromatic amines is 1. The molecule has 0 radical (unpaired) electrons. The molecule has 0 aliphatic carbocycles. The van der Waals surface area contributed by atoms with Crippen molar-refractivity contribution in [2.75, 3.05) is 0 Å². The Hall–Kier alpha value is -1.36. The molecular formula is C8H5BrN2O2. The summed E-state index contributed by atoms with van der Waals surface area (Å²) in [5, 5.41) is 0. The zero-order valence-electron chi connectivity index (χ0n) is 6.45. The van der Waals surface area contributed by atoms with Gasteiger partial charge >= 0.3 is 0 Å². The Balaban J connectivity index is 2.55. The monoisotopic (exact) mass is 240 g/mol. The van der Waals surface area contributed by atoms with Crippen LogP contribution in [0, 0.1) is 0 Å². The molecule has 0 unspecified atom stereocenters. The highest BCUT2D eigenvalue weighted by Crippen LogP contribution is 2.13. The number of aromatic nitrogens is 2. The van der Waals surface area contributed by atoms with Crippen LogP contribution in [0.5, 0.6) is 0 Å². The topological polar surface area (TPSA) is 58.9 Å². The number of nitrogens with one attached hydrogen (secondary N) is 1. The van der Waals surface area contributed by atoms with Gasteiger partial charge in [-0.3, -0.25) is 4.79 Å². The van der Waals surface area contributed by atoms with Gasteiger partial charge in [0.15, 0.2) is 0 Å². The number of H-pyrrole nitrogens is 1. The molecule has 2 heterocycles. The molecule has 0 atom stereocenters. The molecular weight excluding hydrogens is 236 g/mol. The third-order valence-corrected chi connectivity index (χ3v) is 2.12. The van der Waals surface area contributed by atoms with Gasteiger partial charge in [0.2, 0.25) is 0 Å². The largest absolute Gasteiger partial charge is 0.472 e. The van der Waals surface area contributed by atoms with Crippen molar-refractivity contribution in [3.05, 3.63) is 39.6 Å². The first-order valence-electron chi connectivity index (χ1n) is 3.55. The number of rotatable bonds is 1. The molecule has 2 aromatic rings. The lowest BCUT2D eigenvalue weighted by Crippen LogP contribution is -2.08. The number of hydrogen-bond acceptors (Lipinski definition) is 3. The number of halogens is 1. The van der Waals surface area contributed by atoms with Gasteiger partial charge in [-0.1, -0.05) is 0 Å². The molecule has 66 valence electrons. The van der Waals surface area contributed by atoms with Crippen LogP contribution in [-0.4, -0.2) is 9.97 Å². The molecule has 0 bridgehead atoms. The van der Waals surface area contributed by atoms with E-state index in [9.17, 15) is 4.79 Å². The van der Waals surface area contributed by atoms with E-state index in [4.69, 9.17) is 4.42 Å². The van der Waals surface area contributed by atoms with E-state index in [0.29, 0.717) is 10.3 Å². The fourth-order valence-corrected chi connectivity index (χ4v) is 1.13. The van der Waals surface area contributed by atoms with Gasteiger partial charge in [0, 0.05) is 6.20 Å². The van der Waals surface area contributed by atoms with Crippen molar-refractivity contribution in [1.29, 1.82) is 0 Å². The summed E-state index contributed by atoms with van der Waals surface area (Å²) in [6.45, 7) is 0. The predicted molar refractivity (Wildman–Crippen MR) is 50.3 cm³/mol. The van der Waals surface area contributed by atoms with E-state index in [0.717, 1.165) is 5.56 Å². The average molecular weight is 241 g/mol. The maximum atomic E-state index is 11.2. The summed E-state index contributed by atoms with van der Waals surface area (Å²) in [4.78, 5) is 17.8. The average Bonchev–Trinajstić information content (AvgIpc) is 2.62. The van der Waals surface area contributed by atoms with Crippen molar-refractivity contribution in [3.63, 3.8) is 0 Å². The van der Waals surface area contributed by atoms with Gasteiger partial charge in [0.25, 0.3) is 5.56 Å². The predicted octanol–water partition coefficient (Wildman–Crippen LogP) is 1.79. The summed E-state index contributed by atoms with van der Waals surface area (Å²) in [6, 6.07) is 1.73. The van der Waals surface area contributed by atoms with E-state index < -0.39 is 0 Å². The Labute approximate surface area is 81.8 Å². The molecule has 0 saturated carbocycles. The third-order valence-electron chi connectivity index (χ3n) is 1.55. The molecule has 0 spiro atoms. The minimum atomic E-state index is -0.203. The van der Waals surface area contributed by atoms with Crippen LogP contribution in [0.25, 0.3) is 11.4 Å². The second-order valence-electron chi connectivity index (χ2n) is 2.42. The van der Waals surface area contributed by atoms with Gasteiger partial charge < -0.3 is 9.40 Å². The van der Waals surface area contributed by atoms with E-state index >= 15 is 0 Å². The molecule has 2 rings (SSSR count). The summed E-state index contributed by atoms with van der Waals surface area (Å²) in [7, 11) is 0. The second kappa shape index (κ2) is 3.18.